The molecule has 0 fully saturated rings. The van der Waals surface area contributed by atoms with E-state index >= 15 is 0 Å². The van der Waals surface area contributed by atoms with Gasteiger partial charge in [-0.2, -0.15) is 4.99 Å². The molecule has 0 aliphatic heterocycles. The number of Topliss-reactive ketones (excluding diaryl/α,β-unsaturated/α-hetero) is 4. The number of carbonyl (C=O) groups is 6. The molecule has 0 bridgehead atoms. The topological polar surface area (TPSA) is 153 Å². The zero-order valence-corrected chi connectivity index (χ0v) is 12.7. The monoisotopic (exact) mass is 311 g/mol. The van der Waals surface area contributed by atoms with E-state index in [1.165, 1.54) is 0 Å². The zero-order valence-electron chi connectivity index (χ0n) is 12.7. The molecule has 0 unspecified atom stereocenters. The van der Waals surface area contributed by atoms with Crippen LogP contribution < -0.4 is 11.1 Å². The second-order valence-corrected chi connectivity index (χ2v) is 4.71. The van der Waals surface area contributed by atoms with E-state index in [1.54, 1.807) is 5.32 Å². The molecule has 22 heavy (non-hydrogen) atoms. The number of carbonyl (C=O) groups excluding carboxylic acids is 6. The first-order valence-electron chi connectivity index (χ1n) is 6.17. The summed E-state index contributed by atoms with van der Waals surface area (Å²) in [4.78, 5) is 72.5. The van der Waals surface area contributed by atoms with Gasteiger partial charge in [0.25, 0.3) is 0 Å². The number of nitrogens with zero attached hydrogens (tertiary/aromatic N) is 1. The molecule has 0 aliphatic rings. The Hall–Kier alpha value is -2.71. The van der Waals surface area contributed by atoms with Crippen molar-refractivity contribution in [2.45, 2.75) is 34.1 Å². The fraction of sp³-hybridized carbons (Fsp3) is 0.462. The van der Waals surface area contributed by atoms with Gasteiger partial charge in [-0.25, -0.2) is 9.59 Å². The number of ketones is 4. The molecule has 0 aliphatic carbocycles. The van der Waals surface area contributed by atoms with Gasteiger partial charge in [-0.1, -0.05) is 0 Å². The van der Waals surface area contributed by atoms with Gasteiger partial charge < -0.3 is 5.73 Å². The van der Waals surface area contributed by atoms with Crippen molar-refractivity contribution in [2.75, 3.05) is 0 Å². The van der Waals surface area contributed by atoms with Crippen molar-refractivity contribution in [3.8, 4) is 0 Å². The summed E-state index contributed by atoms with van der Waals surface area (Å²) in [6, 6.07) is -2.53. The summed E-state index contributed by atoms with van der Waals surface area (Å²) >= 11 is 0. The summed E-state index contributed by atoms with van der Waals surface area (Å²) < 4.78 is 0. The van der Waals surface area contributed by atoms with Crippen molar-refractivity contribution < 1.29 is 28.8 Å². The fourth-order valence-corrected chi connectivity index (χ4v) is 2.00. The van der Waals surface area contributed by atoms with Crippen LogP contribution >= 0.6 is 0 Å². The number of aliphatic imine (C=N–C) groups is 1. The molecule has 9 heteroatoms. The Morgan fingerprint density at radius 2 is 1.41 bits per heavy atom. The van der Waals surface area contributed by atoms with Gasteiger partial charge in [0.05, 0.1) is 0 Å². The number of nitrogens with one attached hydrogen (secondary N) is 1. The third kappa shape index (κ3) is 4.40. The molecule has 0 aromatic carbocycles. The van der Waals surface area contributed by atoms with Crippen LogP contribution in [0.4, 0.5) is 9.59 Å². The molecule has 0 atom stereocenters. The summed E-state index contributed by atoms with van der Waals surface area (Å²) in [5.74, 6) is -3.02. The van der Waals surface area contributed by atoms with E-state index in [1.807, 2.05) is 0 Å². The summed E-state index contributed by atoms with van der Waals surface area (Å²) in [6.45, 7) is 4.13. The van der Waals surface area contributed by atoms with E-state index in [4.69, 9.17) is 5.73 Å². The Labute approximate surface area is 126 Å². The second kappa shape index (κ2) is 7.34. The van der Waals surface area contributed by atoms with Crippen LogP contribution in [0.2, 0.25) is 0 Å². The maximum Gasteiger partial charge on any atom is 0.349 e. The van der Waals surface area contributed by atoms with Crippen molar-refractivity contribution in [2.24, 2.45) is 16.1 Å². The van der Waals surface area contributed by atoms with E-state index in [0.717, 1.165) is 27.7 Å². The van der Waals surface area contributed by atoms with Crippen molar-refractivity contribution in [3.05, 3.63) is 0 Å². The van der Waals surface area contributed by atoms with E-state index in [9.17, 15) is 28.8 Å². The zero-order chi connectivity index (χ0) is 17.7. The van der Waals surface area contributed by atoms with E-state index in [-0.39, 0.29) is 0 Å². The maximum atomic E-state index is 12.0. The Balaban J connectivity index is 6.27. The molecule has 0 spiro atoms. The smallest absolute Gasteiger partial charge is 0.349 e. The quantitative estimate of drug-likeness (QED) is 0.518. The van der Waals surface area contributed by atoms with E-state index < -0.39 is 52.7 Å². The van der Waals surface area contributed by atoms with Crippen LogP contribution in [-0.2, 0) is 19.2 Å². The lowest BCUT2D eigenvalue weighted by Gasteiger charge is -2.27. The van der Waals surface area contributed by atoms with Gasteiger partial charge in [0, 0.05) is 13.3 Å². The fourth-order valence-electron chi connectivity index (χ4n) is 2.00. The highest BCUT2D eigenvalue weighted by Crippen LogP contribution is 2.28. The first kappa shape index (κ1) is 19.3. The lowest BCUT2D eigenvalue weighted by atomic mass is 9.71. The van der Waals surface area contributed by atoms with Crippen LogP contribution in [0, 0.1) is 5.41 Å². The van der Waals surface area contributed by atoms with Crippen LogP contribution in [0.25, 0.3) is 0 Å². The van der Waals surface area contributed by atoms with Gasteiger partial charge >= 0.3 is 12.1 Å². The molecule has 4 amide bonds. The number of nitrogens with two attached hydrogens (primary N) is 1. The summed E-state index contributed by atoms with van der Waals surface area (Å²) in [5.41, 5.74) is 1.87. The van der Waals surface area contributed by atoms with Gasteiger partial charge in [-0.05, 0) is 20.8 Å². The molecule has 0 saturated carbocycles. The minimum absolute atomic E-state index is 0.547. The predicted molar refractivity (Wildman–Crippen MR) is 75.3 cm³/mol. The molecule has 120 valence electrons. The Kier molecular flexibility index (Phi) is 6.44. The second-order valence-electron chi connectivity index (χ2n) is 4.71. The Bertz CT molecular complexity index is 577. The van der Waals surface area contributed by atoms with Gasteiger partial charge in [0.15, 0.2) is 5.78 Å². The highest BCUT2D eigenvalue weighted by atomic mass is 16.2. The van der Waals surface area contributed by atoms with Crippen LogP contribution in [-0.4, -0.2) is 40.9 Å². The highest BCUT2D eigenvalue weighted by Gasteiger charge is 2.48. The molecular formula is C13H17N3O6. The molecule has 0 heterocycles. The number of amides is 4. The van der Waals surface area contributed by atoms with Crippen molar-refractivity contribution in [1.82, 2.24) is 5.32 Å². The Morgan fingerprint density at radius 1 is 0.955 bits per heavy atom. The molecule has 0 radical (unpaired) electrons. The maximum absolute atomic E-state index is 12.0. The van der Waals surface area contributed by atoms with E-state index in [0.29, 0.717) is 0 Å². The average molecular weight is 311 g/mol. The van der Waals surface area contributed by atoms with Gasteiger partial charge in [0.1, 0.15) is 28.5 Å². The number of primary amides is 1. The third-order valence-corrected chi connectivity index (χ3v) is 2.90. The molecule has 9 nitrogen and oxygen atoms in total. The molecule has 0 aromatic rings. The van der Waals surface area contributed by atoms with Crippen LogP contribution in [0.15, 0.2) is 4.99 Å². The van der Waals surface area contributed by atoms with E-state index in [2.05, 4.69) is 4.99 Å². The van der Waals surface area contributed by atoms with Gasteiger partial charge in [-0.3, -0.25) is 24.5 Å². The molecule has 0 rings (SSSR count). The van der Waals surface area contributed by atoms with Crippen molar-refractivity contribution >= 4 is 40.9 Å². The summed E-state index contributed by atoms with van der Waals surface area (Å²) in [6.07, 6.45) is -0.611. The first-order chi connectivity index (χ1) is 9.95. The van der Waals surface area contributed by atoms with Gasteiger partial charge in [0.2, 0.25) is 0 Å². The highest BCUT2D eigenvalue weighted by molar-refractivity contribution is 6.51. The number of urea groups is 2. The predicted octanol–water partition coefficient (Wildman–Crippen LogP) is -0.0518. The number of hydrogen-bond acceptors (Lipinski definition) is 6. The van der Waals surface area contributed by atoms with Crippen LogP contribution in [0.5, 0.6) is 0 Å². The number of hydrogen-bond donors (Lipinski definition) is 2. The largest absolute Gasteiger partial charge is 0.351 e. The first-order valence-corrected chi connectivity index (χ1v) is 6.17. The SMILES string of the molecule is CC(=O)CC(C(C)=O)(C(C)=O)C(=NC(=O)NC(N)=O)C(C)=O. The Morgan fingerprint density at radius 3 is 1.68 bits per heavy atom. The lowest BCUT2D eigenvalue weighted by Crippen LogP contribution is -2.49. The third-order valence-electron chi connectivity index (χ3n) is 2.90. The molecule has 0 aromatic heterocycles. The van der Waals surface area contributed by atoms with Crippen LogP contribution in [0.1, 0.15) is 34.1 Å². The van der Waals surface area contributed by atoms with Crippen LogP contribution in [0.3, 0.4) is 0 Å². The number of rotatable bonds is 6. The standard InChI is InChI=1S/C13H17N3O6/c1-6(17)5-13(8(3)19,9(4)20)10(7(2)18)15-12(22)16-11(14)21/h5H2,1-4H3,(H3,14,16,21,22). The minimum atomic E-state index is -2.16. The van der Waals surface area contributed by atoms with Crippen molar-refractivity contribution in [3.63, 3.8) is 0 Å². The lowest BCUT2D eigenvalue weighted by molar-refractivity contribution is -0.138. The molecule has 3 N–H and O–H groups in total. The minimum Gasteiger partial charge on any atom is -0.351 e. The average Bonchev–Trinajstić information content (AvgIpc) is 2.30. The normalized spacial score (nSPS) is 11.5. The summed E-state index contributed by atoms with van der Waals surface area (Å²) in [5, 5.41) is 1.58. The molecular weight excluding hydrogens is 294 g/mol. The number of imide groups is 1. The van der Waals surface area contributed by atoms with Gasteiger partial charge in [-0.15, -0.1) is 0 Å². The molecule has 0 saturated heterocycles. The van der Waals surface area contributed by atoms with Crippen molar-refractivity contribution in [1.29, 1.82) is 0 Å². The summed E-state index contributed by atoms with van der Waals surface area (Å²) in [7, 11) is 0.